The Balaban J connectivity index is 1.49. The van der Waals surface area contributed by atoms with Gasteiger partial charge in [-0.3, -0.25) is 4.79 Å². The number of aryl methyl sites for hydroxylation is 2. The van der Waals surface area contributed by atoms with Crippen LogP contribution in [-0.4, -0.2) is 32.3 Å². The van der Waals surface area contributed by atoms with Crippen LogP contribution in [0.15, 0.2) is 40.9 Å². The Morgan fingerprint density at radius 3 is 2.61 bits per heavy atom. The van der Waals surface area contributed by atoms with Gasteiger partial charge in [-0.1, -0.05) is 11.2 Å². The molecule has 0 spiro atoms. The van der Waals surface area contributed by atoms with Gasteiger partial charge in [-0.25, -0.2) is 13.8 Å². The summed E-state index contributed by atoms with van der Waals surface area (Å²) in [6.45, 7) is 3.90. The zero-order valence-electron chi connectivity index (χ0n) is 20.0. The molecule has 2 fully saturated rings. The van der Waals surface area contributed by atoms with Crippen molar-refractivity contribution in [3.05, 3.63) is 65.3 Å². The van der Waals surface area contributed by atoms with Gasteiger partial charge in [0, 0.05) is 36.4 Å². The zero-order chi connectivity index (χ0) is 25.1. The molecule has 2 aromatic carbocycles. The van der Waals surface area contributed by atoms with Crippen LogP contribution in [0.3, 0.4) is 0 Å². The SMILES string of the molecule is Cc1noc(C)c1-c1ccc2c(c1)nc([C@@H]1CCC(=O)N1c1ccc(F)c(F)c1)n2C1CC(CO)C1. The van der Waals surface area contributed by atoms with E-state index in [-0.39, 0.29) is 24.5 Å². The van der Waals surface area contributed by atoms with Crippen LogP contribution in [0, 0.1) is 31.4 Å². The smallest absolute Gasteiger partial charge is 0.227 e. The number of fused-ring (bicyclic) bond motifs is 1. The summed E-state index contributed by atoms with van der Waals surface area (Å²) in [5.74, 6) is -0.420. The number of benzene rings is 2. The average molecular weight is 493 g/mol. The van der Waals surface area contributed by atoms with E-state index in [1.807, 2.05) is 32.0 Å². The number of amides is 1. The summed E-state index contributed by atoms with van der Waals surface area (Å²) in [4.78, 5) is 19.5. The van der Waals surface area contributed by atoms with Crippen LogP contribution in [0.2, 0.25) is 0 Å². The first-order chi connectivity index (χ1) is 17.4. The third-order valence-corrected chi connectivity index (χ3v) is 7.56. The third-order valence-electron chi connectivity index (χ3n) is 7.56. The van der Waals surface area contributed by atoms with Crippen LogP contribution >= 0.6 is 0 Å². The van der Waals surface area contributed by atoms with Gasteiger partial charge in [0.05, 0.1) is 22.8 Å². The molecule has 9 heteroatoms. The zero-order valence-corrected chi connectivity index (χ0v) is 20.0. The van der Waals surface area contributed by atoms with E-state index in [1.165, 1.54) is 11.0 Å². The summed E-state index contributed by atoms with van der Waals surface area (Å²) >= 11 is 0. The normalized spacial score (nSPS) is 22.0. The molecule has 0 bridgehead atoms. The monoisotopic (exact) mass is 492 g/mol. The van der Waals surface area contributed by atoms with Crippen LogP contribution in [0.5, 0.6) is 0 Å². The largest absolute Gasteiger partial charge is 0.396 e. The molecule has 2 aromatic heterocycles. The number of aliphatic hydroxyl groups is 1. The standard InChI is InChI=1S/C27H26F2N4O3/c1-14-26(15(2)36-31-14)17-3-6-23-22(11-17)30-27(33(23)19-9-16(10-19)13-34)24-7-8-25(35)32(24)18-4-5-20(28)21(29)12-18/h3-6,11-12,16,19,24,34H,7-10,13H2,1-2H3/t16?,19?,24-/m0/s1. The molecule has 186 valence electrons. The summed E-state index contributed by atoms with van der Waals surface area (Å²) in [6, 6.07) is 9.32. The Morgan fingerprint density at radius 2 is 1.92 bits per heavy atom. The first-order valence-electron chi connectivity index (χ1n) is 12.2. The fraction of sp³-hybridized carbons (Fsp3) is 0.370. The number of hydrogen-bond donors (Lipinski definition) is 1. The van der Waals surface area contributed by atoms with Crippen LogP contribution < -0.4 is 4.90 Å². The van der Waals surface area contributed by atoms with Crippen molar-refractivity contribution in [2.45, 2.75) is 51.6 Å². The Bertz CT molecular complexity index is 1470. The second-order valence-electron chi connectivity index (χ2n) is 9.83. The Hall–Kier alpha value is -3.59. The van der Waals surface area contributed by atoms with Crippen LogP contribution in [-0.2, 0) is 4.79 Å². The van der Waals surface area contributed by atoms with E-state index < -0.39 is 17.7 Å². The number of halogens is 2. The van der Waals surface area contributed by atoms with E-state index >= 15 is 0 Å². The number of anilines is 1. The van der Waals surface area contributed by atoms with Crippen LogP contribution in [0.4, 0.5) is 14.5 Å². The summed E-state index contributed by atoms with van der Waals surface area (Å²) < 4.78 is 35.2. The van der Waals surface area contributed by atoms with E-state index in [0.717, 1.165) is 64.4 Å². The van der Waals surface area contributed by atoms with Gasteiger partial charge in [-0.2, -0.15) is 0 Å². The predicted octanol–water partition coefficient (Wildman–Crippen LogP) is 5.40. The maximum atomic E-state index is 14.1. The fourth-order valence-corrected chi connectivity index (χ4v) is 5.73. The number of nitrogens with zero attached hydrogens (tertiary/aromatic N) is 4. The maximum absolute atomic E-state index is 14.1. The van der Waals surface area contributed by atoms with Crippen molar-refractivity contribution < 1.29 is 23.2 Å². The topological polar surface area (TPSA) is 84.4 Å². The molecule has 1 saturated carbocycles. The summed E-state index contributed by atoms with van der Waals surface area (Å²) in [6.07, 6.45) is 2.44. The number of aliphatic hydroxyl groups excluding tert-OH is 1. The van der Waals surface area contributed by atoms with Gasteiger partial charge >= 0.3 is 0 Å². The molecule has 0 unspecified atom stereocenters. The Labute approximate surface area is 206 Å². The molecule has 1 amide bonds. The lowest BCUT2D eigenvalue weighted by molar-refractivity contribution is -0.117. The molecule has 1 N–H and O–H groups in total. The Morgan fingerprint density at radius 1 is 1.11 bits per heavy atom. The number of carbonyl (C=O) groups is 1. The molecule has 1 aliphatic carbocycles. The molecule has 0 radical (unpaired) electrons. The van der Waals surface area contributed by atoms with Gasteiger partial charge in [0.15, 0.2) is 11.6 Å². The molecular weight excluding hydrogens is 466 g/mol. The number of aromatic nitrogens is 3. The minimum Gasteiger partial charge on any atom is -0.396 e. The molecule has 2 aliphatic rings. The highest BCUT2D eigenvalue weighted by molar-refractivity contribution is 5.96. The highest BCUT2D eigenvalue weighted by atomic mass is 19.2. The minimum absolute atomic E-state index is 0.134. The minimum atomic E-state index is -0.992. The van der Waals surface area contributed by atoms with Crippen molar-refractivity contribution in [2.75, 3.05) is 11.5 Å². The predicted molar refractivity (Wildman–Crippen MR) is 129 cm³/mol. The van der Waals surface area contributed by atoms with E-state index in [0.29, 0.717) is 18.5 Å². The van der Waals surface area contributed by atoms with Crippen LogP contribution in [0.1, 0.15) is 55.0 Å². The Kier molecular flexibility index (Phi) is 5.40. The van der Waals surface area contributed by atoms with Gasteiger partial charge in [0.2, 0.25) is 5.91 Å². The van der Waals surface area contributed by atoms with Crippen molar-refractivity contribution in [3.8, 4) is 11.1 Å². The molecule has 7 nitrogen and oxygen atoms in total. The molecule has 4 aromatic rings. The molecule has 1 atom stereocenters. The van der Waals surface area contributed by atoms with Gasteiger partial charge in [0.1, 0.15) is 11.6 Å². The second kappa shape index (κ2) is 8.51. The highest BCUT2D eigenvalue weighted by Crippen LogP contribution is 2.45. The molecule has 3 heterocycles. The van der Waals surface area contributed by atoms with Crippen molar-refractivity contribution in [1.82, 2.24) is 14.7 Å². The van der Waals surface area contributed by atoms with E-state index in [4.69, 9.17) is 9.51 Å². The van der Waals surface area contributed by atoms with E-state index in [1.54, 1.807) is 0 Å². The molecule has 1 saturated heterocycles. The number of imidazole rings is 1. The summed E-state index contributed by atoms with van der Waals surface area (Å²) in [5.41, 5.74) is 4.69. The van der Waals surface area contributed by atoms with E-state index in [2.05, 4.69) is 9.72 Å². The number of hydrogen-bond acceptors (Lipinski definition) is 5. The summed E-state index contributed by atoms with van der Waals surface area (Å²) in [5, 5.41) is 13.7. The average Bonchev–Trinajstić information content (AvgIpc) is 3.49. The molecular formula is C27H26F2N4O3. The van der Waals surface area contributed by atoms with Crippen molar-refractivity contribution >= 4 is 22.6 Å². The van der Waals surface area contributed by atoms with Crippen molar-refractivity contribution in [1.29, 1.82) is 0 Å². The first-order valence-corrected chi connectivity index (χ1v) is 12.2. The number of carbonyl (C=O) groups excluding carboxylic acids is 1. The first kappa shape index (κ1) is 22.8. The van der Waals surface area contributed by atoms with Crippen LogP contribution in [0.25, 0.3) is 22.2 Å². The second-order valence-corrected chi connectivity index (χ2v) is 9.83. The number of rotatable bonds is 5. The van der Waals surface area contributed by atoms with Gasteiger partial charge < -0.3 is 19.1 Å². The third kappa shape index (κ3) is 3.52. The maximum Gasteiger partial charge on any atom is 0.227 e. The van der Waals surface area contributed by atoms with Crippen molar-refractivity contribution in [2.24, 2.45) is 5.92 Å². The molecule has 6 rings (SSSR count). The van der Waals surface area contributed by atoms with Gasteiger partial charge in [-0.15, -0.1) is 0 Å². The van der Waals surface area contributed by atoms with Gasteiger partial charge in [0.25, 0.3) is 0 Å². The lowest BCUT2D eigenvalue weighted by Gasteiger charge is -2.37. The van der Waals surface area contributed by atoms with Gasteiger partial charge in [-0.05, 0) is 68.9 Å². The van der Waals surface area contributed by atoms with E-state index in [9.17, 15) is 18.7 Å². The van der Waals surface area contributed by atoms with Crippen molar-refractivity contribution in [3.63, 3.8) is 0 Å². The lowest BCUT2D eigenvalue weighted by atomic mass is 9.80. The highest BCUT2D eigenvalue weighted by Gasteiger charge is 2.40. The quantitative estimate of drug-likeness (QED) is 0.403. The summed E-state index contributed by atoms with van der Waals surface area (Å²) in [7, 11) is 0. The lowest BCUT2D eigenvalue weighted by Crippen LogP contribution is -2.34. The molecule has 36 heavy (non-hydrogen) atoms. The molecule has 1 aliphatic heterocycles. The fourth-order valence-electron chi connectivity index (χ4n) is 5.73.